The first-order valence-electron chi connectivity index (χ1n) is 5.46. The second kappa shape index (κ2) is 4.89. The smallest absolute Gasteiger partial charge is 0.203 e. The van der Waals surface area contributed by atoms with Crippen molar-refractivity contribution in [2.45, 2.75) is 13.3 Å². The SMILES string of the molecule is CCN(CCCN)c1nccn2cnnc12. The maximum Gasteiger partial charge on any atom is 0.203 e. The van der Waals surface area contributed by atoms with Crippen LogP contribution in [0.2, 0.25) is 0 Å². The molecule has 0 bridgehead atoms. The van der Waals surface area contributed by atoms with Gasteiger partial charge in [0.25, 0.3) is 0 Å². The number of aromatic nitrogens is 4. The van der Waals surface area contributed by atoms with Crippen LogP contribution in [0.15, 0.2) is 18.7 Å². The van der Waals surface area contributed by atoms with E-state index in [-0.39, 0.29) is 0 Å². The molecule has 0 amide bonds. The molecule has 6 heteroatoms. The summed E-state index contributed by atoms with van der Waals surface area (Å²) in [4.78, 5) is 6.53. The fraction of sp³-hybridized carbons (Fsp3) is 0.500. The summed E-state index contributed by atoms with van der Waals surface area (Å²) in [6.45, 7) is 4.57. The van der Waals surface area contributed by atoms with Crippen LogP contribution in [0.4, 0.5) is 5.82 Å². The van der Waals surface area contributed by atoms with E-state index in [2.05, 4.69) is 27.0 Å². The van der Waals surface area contributed by atoms with Gasteiger partial charge >= 0.3 is 0 Å². The second-order valence-corrected chi connectivity index (χ2v) is 3.53. The Morgan fingerprint density at radius 3 is 3.12 bits per heavy atom. The molecule has 2 aromatic rings. The fourth-order valence-electron chi connectivity index (χ4n) is 1.66. The van der Waals surface area contributed by atoms with Crippen LogP contribution in [0.1, 0.15) is 13.3 Å². The molecule has 0 aliphatic rings. The largest absolute Gasteiger partial charge is 0.354 e. The van der Waals surface area contributed by atoms with E-state index in [4.69, 9.17) is 5.73 Å². The number of fused-ring (bicyclic) bond motifs is 1. The summed E-state index contributed by atoms with van der Waals surface area (Å²) in [5, 5.41) is 7.95. The minimum atomic E-state index is 0.687. The molecule has 0 saturated carbocycles. The Kier molecular flexibility index (Phi) is 3.31. The number of hydrogen-bond donors (Lipinski definition) is 1. The molecule has 0 saturated heterocycles. The summed E-state index contributed by atoms with van der Waals surface area (Å²) in [5.74, 6) is 0.871. The Hall–Kier alpha value is -1.69. The van der Waals surface area contributed by atoms with Gasteiger partial charge < -0.3 is 10.6 Å². The van der Waals surface area contributed by atoms with Gasteiger partial charge in [-0.05, 0) is 19.9 Å². The van der Waals surface area contributed by atoms with Crippen LogP contribution >= 0.6 is 0 Å². The van der Waals surface area contributed by atoms with Crippen molar-refractivity contribution in [1.29, 1.82) is 0 Å². The number of hydrogen-bond acceptors (Lipinski definition) is 5. The Balaban J connectivity index is 2.32. The topological polar surface area (TPSA) is 72.3 Å². The van der Waals surface area contributed by atoms with Crippen LogP contribution in [0.3, 0.4) is 0 Å². The van der Waals surface area contributed by atoms with Gasteiger partial charge in [0.1, 0.15) is 6.33 Å². The van der Waals surface area contributed by atoms with Crippen molar-refractivity contribution in [3.8, 4) is 0 Å². The van der Waals surface area contributed by atoms with E-state index in [1.807, 2.05) is 10.6 Å². The highest BCUT2D eigenvalue weighted by molar-refractivity contribution is 5.63. The third-order valence-corrected chi connectivity index (χ3v) is 2.51. The van der Waals surface area contributed by atoms with E-state index in [9.17, 15) is 0 Å². The fourth-order valence-corrected chi connectivity index (χ4v) is 1.66. The molecule has 0 aromatic carbocycles. The summed E-state index contributed by atoms with van der Waals surface area (Å²) in [6, 6.07) is 0. The molecule has 6 nitrogen and oxygen atoms in total. The molecular formula is C10H16N6. The van der Waals surface area contributed by atoms with Crippen molar-refractivity contribution in [1.82, 2.24) is 19.6 Å². The summed E-state index contributed by atoms with van der Waals surface area (Å²) in [6.07, 6.45) is 6.23. The molecule has 2 rings (SSSR count). The van der Waals surface area contributed by atoms with E-state index in [0.29, 0.717) is 6.54 Å². The van der Waals surface area contributed by atoms with E-state index < -0.39 is 0 Å². The van der Waals surface area contributed by atoms with Crippen molar-refractivity contribution in [3.63, 3.8) is 0 Å². The van der Waals surface area contributed by atoms with Gasteiger partial charge in [-0.2, -0.15) is 0 Å². The second-order valence-electron chi connectivity index (χ2n) is 3.53. The third-order valence-electron chi connectivity index (χ3n) is 2.51. The highest BCUT2D eigenvalue weighted by atomic mass is 15.3. The normalized spacial score (nSPS) is 10.9. The van der Waals surface area contributed by atoms with Gasteiger partial charge in [-0.1, -0.05) is 0 Å². The molecule has 0 fully saturated rings. The lowest BCUT2D eigenvalue weighted by Crippen LogP contribution is -2.27. The van der Waals surface area contributed by atoms with Crippen LogP contribution < -0.4 is 10.6 Å². The number of anilines is 1. The minimum Gasteiger partial charge on any atom is -0.354 e. The lowest BCUT2D eigenvalue weighted by Gasteiger charge is -2.21. The Morgan fingerprint density at radius 2 is 2.38 bits per heavy atom. The molecule has 2 N–H and O–H groups in total. The van der Waals surface area contributed by atoms with Crippen LogP contribution in [0, 0.1) is 0 Å². The average Bonchev–Trinajstić information content (AvgIpc) is 2.78. The Bertz CT molecular complexity index is 451. The molecule has 0 unspecified atom stereocenters. The minimum absolute atomic E-state index is 0.687. The van der Waals surface area contributed by atoms with Crippen LogP contribution in [-0.4, -0.2) is 39.2 Å². The summed E-state index contributed by atoms with van der Waals surface area (Å²) < 4.78 is 1.87. The van der Waals surface area contributed by atoms with E-state index in [1.165, 1.54) is 0 Å². The van der Waals surface area contributed by atoms with Crippen molar-refractivity contribution in [2.24, 2.45) is 5.73 Å². The van der Waals surface area contributed by atoms with Crippen LogP contribution in [-0.2, 0) is 0 Å². The van der Waals surface area contributed by atoms with Crippen LogP contribution in [0.25, 0.3) is 5.65 Å². The average molecular weight is 220 g/mol. The molecule has 0 aliphatic heterocycles. The van der Waals surface area contributed by atoms with E-state index in [0.717, 1.165) is 31.0 Å². The molecule has 0 radical (unpaired) electrons. The van der Waals surface area contributed by atoms with Crippen molar-refractivity contribution in [3.05, 3.63) is 18.7 Å². The third kappa shape index (κ3) is 1.96. The van der Waals surface area contributed by atoms with Gasteiger partial charge in [-0.15, -0.1) is 10.2 Å². The zero-order valence-electron chi connectivity index (χ0n) is 9.37. The van der Waals surface area contributed by atoms with Gasteiger partial charge in [0.05, 0.1) is 0 Å². The highest BCUT2D eigenvalue weighted by Gasteiger charge is 2.11. The predicted octanol–water partition coefficient (Wildman–Crippen LogP) is 0.299. The first kappa shape index (κ1) is 10.8. The maximum atomic E-state index is 5.52. The highest BCUT2D eigenvalue weighted by Crippen LogP contribution is 2.15. The number of nitrogens with zero attached hydrogens (tertiary/aromatic N) is 5. The van der Waals surface area contributed by atoms with Gasteiger partial charge in [0.15, 0.2) is 5.82 Å². The van der Waals surface area contributed by atoms with Gasteiger partial charge in [-0.25, -0.2) is 4.98 Å². The molecule has 16 heavy (non-hydrogen) atoms. The number of rotatable bonds is 5. The zero-order valence-corrected chi connectivity index (χ0v) is 9.37. The summed E-state index contributed by atoms with van der Waals surface area (Å²) in [5.41, 5.74) is 6.31. The maximum absolute atomic E-state index is 5.52. The molecule has 2 heterocycles. The lowest BCUT2D eigenvalue weighted by atomic mass is 10.3. The number of nitrogens with two attached hydrogens (primary N) is 1. The first-order valence-corrected chi connectivity index (χ1v) is 5.46. The Morgan fingerprint density at radius 1 is 1.50 bits per heavy atom. The quantitative estimate of drug-likeness (QED) is 0.784. The first-order chi connectivity index (χ1) is 7.86. The zero-order chi connectivity index (χ0) is 11.4. The molecule has 86 valence electrons. The van der Waals surface area contributed by atoms with Crippen molar-refractivity contribution in [2.75, 3.05) is 24.5 Å². The lowest BCUT2D eigenvalue weighted by molar-refractivity contribution is 0.744. The van der Waals surface area contributed by atoms with Gasteiger partial charge in [-0.3, -0.25) is 4.40 Å². The Labute approximate surface area is 94.1 Å². The van der Waals surface area contributed by atoms with Gasteiger partial charge in [0, 0.05) is 25.5 Å². The predicted molar refractivity (Wildman–Crippen MR) is 62.3 cm³/mol. The molecule has 0 atom stereocenters. The standard InChI is InChI=1S/C10H16N6/c1-2-15(6-3-4-11)9-10-14-13-8-16(10)7-5-12-9/h5,7-8H,2-4,6,11H2,1H3. The summed E-state index contributed by atoms with van der Waals surface area (Å²) >= 11 is 0. The monoisotopic (exact) mass is 220 g/mol. The van der Waals surface area contributed by atoms with E-state index in [1.54, 1.807) is 12.5 Å². The molecule has 2 aromatic heterocycles. The molecule has 0 spiro atoms. The summed E-state index contributed by atoms with van der Waals surface area (Å²) in [7, 11) is 0. The van der Waals surface area contributed by atoms with Gasteiger partial charge in [0.2, 0.25) is 5.65 Å². The van der Waals surface area contributed by atoms with Crippen LogP contribution in [0.5, 0.6) is 0 Å². The van der Waals surface area contributed by atoms with Crippen molar-refractivity contribution >= 4 is 11.5 Å². The molecular weight excluding hydrogens is 204 g/mol. The van der Waals surface area contributed by atoms with Crippen molar-refractivity contribution < 1.29 is 0 Å². The van der Waals surface area contributed by atoms with E-state index >= 15 is 0 Å². The molecule has 0 aliphatic carbocycles.